The quantitative estimate of drug-likeness (QED) is 0.450. The van der Waals surface area contributed by atoms with Crippen molar-refractivity contribution in [1.82, 2.24) is 9.97 Å². The second-order valence-electron chi connectivity index (χ2n) is 3.56. The van der Waals surface area contributed by atoms with E-state index in [4.69, 9.17) is 9.47 Å². The molecule has 0 atom stereocenters. The molecule has 0 radical (unpaired) electrons. The van der Waals surface area contributed by atoms with Crippen molar-refractivity contribution in [2.75, 3.05) is 6.61 Å². The van der Waals surface area contributed by atoms with Gasteiger partial charge in [0.15, 0.2) is 0 Å². The average molecular weight is 238 g/mol. The molecule has 0 saturated heterocycles. The Bertz CT molecular complexity index is 334. The second-order valence-corrected chi connectivity index (χ2v) is 3.56. The molecular weight excluding hydrogens is 220 g/mol. The molecule has 0 unspecified atom stereocenters. The summed E-state index contributed by atoms with van der Waals surface area (Å²) in [5.41, 5.74) is 1.03. The number of aromatic nitrogens is 2. The predicted molar refractivity (Wildman–Crippen MR) is 63.4 cm³/mol. The van der Waals surface area contributed by atoms with E-state index < -0.39 is 6.16 Å². The average Bonchev–Trinajstić information content (AvgIpc) is 2.83. The minimum Gasteiger partial charge on any atom is -0.434 e. The van der Waals surface area contributed by atoms with Crippen LogP contribution in [0.5, 0.6) is 0 Å². The molecule has 0 aromatic carbocycles. The van der Waals surface area contributed by atoms with Crippen LogP contribution >= 0.6 is 0 Å². The number of hydrogen-bond acceptors (Lipinski definition) is 4. The van der Waals surface area contributed by atoms with E-state index in [1.807, 2.05) is 0 Å². The fourth-order valence-corrected chi connectivity index (χ4v) is 1.21. The molecular formula is C12H18N2O3. The number of ether oxygens (including phenoxy) is 2. The molecule has 5 nitrogen and oxygen atoms in total. The first-order valence-electron chi connectivity index (χ1n) is 5.78. The summed E-state index contributed by atoms with van der Waals surface area (Å²) in [5, 5.41) is 0. The Morgan fingerprint density at radius 2 is 2.47 bits per heavy atom. The van der Waals surface area contributed by atoms with Crippen molar-refractivity contribution >= 4 is 6.16 Å². The largest absolute Gasteiger partial charge is 0.513 e. The van der Waals surface area contributed by atoms with Crippen LogP contribution in [0.25, 0.3) is 0 Å². The van der Waals surface area contributed by atoms with Gasteiger partial charge in [-0.2, -0.15) is 0 Å². The molecule has 0 bridgehead atoms. The zero-order valence-electron chi connectivity index (χ0n) is 10.0. The Morgan fingerprint density at radius 3 is 3.18 bits per heavy atom. The minimum absolute atomic E-state index is 0.347. The van der Waals surface area contributed by atoms with Crippen LogP contribution in [0.1, 0.15) is 31.9 Å². The lowest BCUT2D eigenvalue weighted by Crippen LogP contribution is -2.05. The van der Waals surface area contributed by atoms with Gasteiger partial charge >= 0.3 is 6.16 Å². The molecule has 0 amide bonds. The lowest BCUT2D eigenvalue weighted by atomic mass is 10.3. The third kappa shape index (κ3) is 6.40. The van der Waals surface area contributed by atoms with E-state index in [-0.39, 0.29) is 0 Å². The summed E-state index contributed by atoms with van der Waals surface area (Å²) < 4.78 is 9.59. The standard InChI is InChI=1S/C12H18N2O3/c1-2-3-4-7-16-12(15)17-8-5-6-11-9-13-10-14-11/h4,7,9-10H,2-3,5-6,8H2,1H3,(H,13,14)/b7-4+. The van der Waals surface area contributed by atoms with Gasteiger partial charge in [-0.15, -0.1) is 0 Å². The number of carbonyl (C=O) groups excluding carboxylic acids is 1. The molecule has 94 valence electrons. The minimum atomic E-state index is -0.651. The fraction of sp³-hybridized carbons (Fsp3) is 0.500. The number of hydrogen-bond donors (Lipinski definition) is 1. The van der Waals surface area contributed by atoms with Gasteiger partial charge < -0.3 is 14.5 Å². The van der Waals surface area contributed by atoms with Crippen molar-refractivity contribution in [2.45, 2.75) is 32.6 Å². The first kappa shape index (κ1) is 13.3. The van der Waals surface area contributed by atoms with Crippen LogP contribution in [-0.4, -0.2) is 22.7 Å². The Morgan fingerprint density at radius 1 is 1.59 bits per heavy atom. The van der Waals surface area contributed by atoms with E-state index in [1.165, 1.54) is 6.26 Å². The summed E-state index contributed by atoms with van der Waals surface area (Å²) in [6, 6.07) is 0. The van der Waals surface area contributed by atoms with Gasteiger partial charge in [-0.25, -0.2) is 9.78 Å². The summed E-state index contributed by atoms with van der Waals surface area (Å²) >= 11 is 0. The number of rotatable bonds is 7. The smallest absolute Gasteiger partial charge is 0.434 e. The number of H-pyrrole nitrogens is 1. The predicted octanol–water partition coefficient (Wildman–Crippen LogP) is 2.81. The first-order chi connectivity index (χ1) is 8.33. The molecule has 0 aliphatic carbocycles. The highest BCUT2D eigenvalue weighted by molar-refractivity contribution is 5.60. The van der Waals surface area contributed by atoms with E-state index in [0.29, 0.717) is 6.61 Å². The lowest BCUT2D eigenvalue weighted by Gasteiger charge is -2.02. The zero-order valence-corrected chi connectivity index (χ0v) is 10.0. The van der Waals surface area contributed by atoms with Gasteiger partial charge in [-0.05, 0) is 25.3 Å². The Kier molecular flexibility index (Phi) is 6.55. The summed E-state index contributed by atoms with van der Waals surface area (Å²) in [7, 11) is 0. The molecule has 1 heterocycles. The highest BCUT2D eigenvalue weighted by Gasteiger charge is 2.01. The van der Waals surface area contributed by atoms with Gasteiger partial charge in [-0.1, -0.05) is 13.3 Å². The van der Waals surface area contributed by atoms with Crippen LogP contribution in [0.15, 0.2) is 24.9 Å². The van der Waals surface area contributed by atoms with Crippen LogP contribution in [-0.2, 0) is 15.9 Å². The molecule has 1 N–H and O–H groups in total. The van der Waals surface area contributed by atoms with Crippen molar-refractivity contribution in [2.24, 2.45) is 0 Å². The normalized spacial score (nSPS) is 10.6. The van der Waals surface area contributed by atoms with Crippen molar-refractivity contribution < 1.29 is 14.3 Å². The molecule has 0 spiro atoms. The number of aromatic amines is 1. The van der Waals surface area contributed by atoms with Gasteiger partial charge in [0.05, 0.1) is 19.2 Å². The van der Waals surface area contributed by atoms with Gasteiger partial charge in [0, 0.05) is 11.9 Å². The van der Waals surface area contributed by atoms with Crippen LogP contribution in [0.2, 0.25) is 0 Å². The van der Waals surface area contributed by atoms with Gasteiger partial charge in [-0.3, -0.25) is 0 Å². The summed E-state index contributed by atoms with van der Waals surface area (Å²) in [4.78, 5) is 17.9. The van der Waals surface area contributed by atoms with E-state index in [2.05, 4.69) is 16.9 Å². The van der Waals surface area contributed by atoms with E-state index in [0.717, 1.165) is 31.4 Å². The molecule has 0 saturated carbocycles. The van der Waals surface area contributed by atoms with E-state index in [1.54, 1.807) is 18.6 Å². The van der Waals surface area contributed by atoms with Crippen molar-refractivity contribution in [3.63, 3.8) is 0 Å². The maximum absolute atomic E-state index is 11.1. The number of nitrogens with one attached hydrogen (secondary N) is 1. The van der Waals surface area contributed by atoms with Crippen LogP contribution < -0.4 is 0 Å². The van der Waals surface area contributed by atoms with E-state index in [9.17, 15) is 4.79 Å². The number of imidazole rings is 1. The molecule has 1 aromatic heterocycles. The number of allylic oxidation sites excluding steroid dienone is 1. The number of aryl methyl sites for hydroxylation is 1. The van der Waals surface area contributed by atoms with Gasteiger partial charge in [0.25, 0.3) is 0 Å². The highest BCUT2D eigenvalue weighted by atomic mass is 16.7. The van der Waals surface area contributed by atoms with Crippen LogP contribution in [0.4, 0.5) is 4.79 Å². The van der Waals surface area contributed by atoms with Crippen molar-refractivity contribution in [3.8, 4) is 0 Å². The Labute approximate surface area is 101 Å². The maximum Gasteiger partial charge on any atom is 0.513 e. The molecule has 0 aliphatic rings. The molecule has 0 fully saturated rings. The number of nitrogens with zero attached hydrogens (tertiary/aromatic N) is 1. The van der Waals surface area contributed by atoms with Crippen molar-refractivity contribution in [3.05, 3.63) is 30.6 Å². The Hall–Kier alpha value is -1.78. The summed E-state index contributed by atoms with van der Waals surface area (Å²) in [6.45, 7) is 2.40. The molecule has 0 aliphatic heterocycles. The Balaban J connectivity index is 2.00. The highest BCUT2D eigenvalue weighted by Crippen LogP contribution is 1.98. The number of unbranched alkanes of at least 4 members (excludes halogenated alkanes) is 1. The van der Waals surface area contributed by atoms with Gasteiger partial charge in [0.1, 0.15) is 0 Å². The summed E-state index contributed by atoms with van der Waals surface area (Å²) in [5.74, 6) is 0. The molecule has 17 heavy (non-hydrogen) atoms. The van der Waals surface area contributed by atoms with Gasteiger partial charge in [0.2, 0.25) is 0 Å². The van der Waals surface area contributed by atoms with Crippen LogP contribution in [0, 0.1) is 0 Å². The topological polar surface area (TPSA) is 64.2 Å². The van der Waals surface area contributed by atoms with E-state index >= 15 is 0 Å². The fourth-order valence-electron chi connectivity index (χ4n) is 1.21. The molecule has 1 aromatic rings. The summed E-state index contributed by atoms with van der Waals surface area (Å²) in [6.07, 6.45) is 9.38. The number of carbonyl (C=O) groups is 1. The zero-order chi connectivity index (χ0) is 12.3. The second kappa shape index (κ2) is 8.38. The van der Waals surface area contributed by atoms with Crippen LogP contribution in [0.3, 0.4) is 0 Å². The maximum atomic E-state index is 11.1. The molecule has 5 heteroatoms. The monoisotopic (exact) mass is 238 g/mol. The third-order valence-corrected chi connectivity index (χ3v) is 2.08. The third-order valence-electron chi connectivity index (χ3n) is 2.08. The first-order valence-corrected chi connectivity index (χ1v) is 5.78. The molecule has 1 rings (SSSR count). The lowest BCUT2D eigenvalue weighted by molar-refractivity contribution is 0.0836. The van der Waals surface area contributed by atoms with Crippen molar-refractivity contribution in [1.29, 1.82) is 0 Å². The SMILES string of the molecule is CCC/C=C/OC(=O)OCCCc1cnc[nH]1.